The van der Waals surface area contributed by atoms with Crippen LogP contribution in [0.3, 0.4) is 0 Å². The summed E-state index contributed by atoms with van der Waals surface area (Å²) in [5.41, 5.74) is 2.19. The van der Waals surface area contributed by atoms with Crippen LogP contribution in [0.5, 0.6) is 0 Å². The first-order valence-corrected chi connectivity index (χ1v) is 8.39. The van der Waals surface area contributed by atoms with Crippen LogP contribution < -0.4 is 10.6 Å². The molecule has 2 N–H and O–H groups in total. The lowest BCUT2D eigenvalue weighted by atomic mass is 9.97. The first kappa shape index (κ1) is 18.1. The van der Waals surface area contributed by atoms with Crippen molar-refractivity contribution in [1.82, 2.24) is 15.6 Å². The second-order valence-electron chi connectivity index (χ2n) is 5.83. The molecule has 0 aliphatic heterocycles. The summed E-state index contributed by atoms with van der Waals surface area (Å²) in [7, 11) is 1.57. The molecule has 0 spiro atoms. The Balaban J connectivity index is 1.84. The van der Waals surface area contributed by atoms with Crippen molar-refractivity contribution in [3.8, 4) is 0 Å². The van der Waals surface area contributed by atoms with Crippen molar-refractivity contribution < 1.29 is 14.3 Å². The highest BCUT2D eigenvalue weighted by molar-refractivity contribution is 5.99. The lowest BCUT2D eigenvalue weighted by Crippen LogP contribution is -2.28. The molecular formula is C18H25N3O3. The SMILES string of the molecule is COCCNC(=O)c1cncc(C(=O)NCCC2=CCCCC2)c1. The monoisotopic (exact) mass is 331 g/mol. The third-order valence-electron chi connectivity index (χ3n) is 3.97. The summed E-state index contributed by atoms with van der Waals surface area (Å²) in [4.78, 5) is 28.2. The van der Waals surface area contributed by atoms with Gasteiger partial charge >= 0.3 is 0 Å². The number of carbonyl (C=O) groups excluding carboxylic acids is 2. The highest BCUT2D eigenvalue weighted by atomic mass is 16.5. The summed E-state index contributed by atoms with van der Waals surface area (Å²) >= 11 is 0. The Bertz CT molecular complexity index is 599. The molecule has 0 aromatic carbocycles. The molecule has 1 aliphatic carbocycles. The van der Waals surface area contributed by atoms with Crippen LogP contribution in [0.1, 0.15) is 52.8 Å². The molecule has 130 valence electrons. The quantitative estimate of drug-likeness (QED) is 0.564. The molecule has 1 heterocycles. The molecule has 6 nitrogen and oxygen atoms in total. The van der Waals surface area contributed by atoms with E-state index >= 15 is 0 Å². The number of rotatable bonds is 8. The first-order chi connectivity index (χ1) is 11.7. The molecule has 0 radical (unpaired) electrons. The zero-order valence-corrected chi connectivity index (χ0v) is 14.1. The number of pyridine rings is 1. The summed E-state index contributed by atoms with van der Waals surface area (Å²) in [5, 5.41) is 5.60. The Morgan fingerprint density at radius 1 is 1.12 bits per heavy atom. The van der Waals surface area contributed by atoms with Gasteiger partial charge in [-0.2, -0.15) is 0 Å². The number of carbonyl (C=O) groups is 2. The number of amides is 2. The van der Waals surface area contributed by atoms with Crippen LogP contribution in [0.25, 0.3) is 0 Å². The molecule has 0 saturated heterocycles. The van der Waals surface area contributed by atoms with Crippen molar-refractivity contribution in [2.75, 3.05) is 26.8 Å². The van der Waals surface area contributed by atoms with Gasteiger partial charge in [0.2, 0.25) is 0 Å². The van der Waals surface area contributed by atoms with Crippen LogP contribution in [0.15, 0.2) is 30.1 Å². The van der Waals surface area contributed by atoms with Crippen LogP contribution in [0.4, 0.5) is 0 Å². The maximum Gasteiger partial charge on any atom is 0.252 e. The van der Waals surface area contributed by atoms with Crippen LogP contribution in [0.2, 0.25) is 0 Å². The lowest BCUT2D eigenvalue weighted by Gasteiger charge is -2.13. The fourth-order valence-corrected chi connectivity index (χ4v) is 2.63. The van der Waals surface area contributed by atoms with Gasteiger partial charge in [-0.25, -0.2) is 0 Å². The van der Waals surface area contributed by atoms with E-state index in [0.717, 1.165) is 19.3 Å². The molecule has 0 atom stereocenters. The summed E-state index contributed by atoms with van der Waals surface area (Å²) in [6, 6.07) is 1.56. The molecule has 24 heavy (non-hydrogen) atoms. The van der Waals surface area contributed by atoms with E-state index in [1.807, 2.05) is 0 Å². The minimum atomic E-state index is -0.262. The van der Waals surface area contributed by atoms with E-state index in [1.165, 1.54) is 30.8 Å². The van der Waals surface area contributed by atoms with E-state index in [1.54, 1.807) is 13.2 Å². The fraction of sp³-hybridized carbons (Fsp3) is 0.500. The molecule has 0 unspecified atom stereocenters. The van der Waals surface area contributed by atoms with E-state index in [0.29, 0.717) is 30.8 Å². The predicted molar refractivity (Wildman–Crippen MR) is 91.9 cm³/mol. The van der Waals surface area contributed by atoms with Gasteiger partial charge in [-0.1, -0.05) is 11.6 Å². The third-order valence-corrected chi connectivity index (χ3v) is 3.97. The molecule has 0 bridgehead atoms. The van der Waals surface area contributed by atoms with E-state index in [2.05, 4.69) is 21.7 Å². The average Bonchev–Trinajstić information content (AvgIpc) is 2.63. The van der Waals surface area contributed by atoms with Gasteiger partial charge in [0.15, 0.2) is 0 Å². The van der Waals surface area contributed by atoms with Crippen LogP contribution >= 0.6 is 0 Å². The number of nitrogens with one attached hydrogen (secondary N) is 2. The fourth-order valence-electron chi connectivity index (χ4n) is 2.63. The number of ether oxygens (including phenoxy) is 1. The number of nitrogens with zero attached hydrogens (tertiary/aromatic N) is 1. The van der Waals surface area contributed by atoms with Gasteiger partial charge in [0, 0.05) is 32.6 Å². The number of hydrogen-bond donors (Lipinski definition) is 2. The summed E-state index contributed by atoms with van der Waals surface area (Å²) < 4.78 is 4.89. The standard InChI is InChI=1S/C18H25N3O3/c1-24-10-9-21-18(23)16-11-15(12-19-13-16)17(22)20-8-7-14-5-3-2-4-6-14/h5,11-13H,2-4,6-10H2,1H3,(H,20,22)(H,21,23). The predicted octanol–water partition coefficient (Wildman–Crippen LogP) is 2.08. The van der Waals surface area contributed by atoms with Gasteiger partial charge in [0.1, 0.15) is 0 Å². The summed E-state index contributed by atoms with van der Waals surface area (Å²) in [5.74, 6) is -0.466. The molecule has 1 aromatic heterocycles. The van der Waals surface area contributed by atoms with E-state index in [9.17, 15) is 9.59 Å². The normalized spacial score (nSPS) is 14.0. The Labute approximate surface area is 142 Å². The lowest BCUT2D eigenvalue weighted by molar-refractivity contribution is 0.0936. The average molecular weight is 331 g/mol. The largest absolute Gasteiger partial charge is 0.383 e. The third kappa shape index (κ3) is 5.77. The van der Waals surface area contributed by atoms with Crippen LogP contribution in [-0.4, -0.2) is 43.6 Å². The summed E-state index contributed by atoms with van der Waals surface area (Å²) in [6.07, 6.45) is 10.9. The first-order valence-electron chi connectivity index (χ1n) is 8.39. The van der Waals surface area contributed by atoms with Gasteiger partial charge in [0.05, 0.1) is 17.7 Å². The van der Waals surface area contributed by atoms with Crippen LogP contribution in [0, 0.1) is 0 Å². The smallest absolute Gasteiger partial charge is 0.252 e. The molecule has 0 fully saturated rings. The van der Waals surface area contributed by atoms with E-state index < -0.39 is 0 Å². The second kappa shape index (κ2) is 9.82. The van der Waals surface area contributed by atoms with Crippen LogP contribution in [-0.2, 0) is 4.74 Å². The van der Waals surface area contributed by atoms with Crippen molar-refractivity contribution in [2.45, 2.75) is 32.1 Å². The maximum atomic E-state index is 12.2. The molecular weight excluding hydrogens is 306 g/mol. The minimum absolute atomic E-state index is 0.203. The zero-order chi connectivity index (χ0) is 17.2. The Kier molecular flexibility index (Phi) is 7.42. The molecule has 1 aromatic rings. The van der Waals surface area contributed by atoms with Crippen molar-refractivity contribution >= 4 is 11.8 Å². The van der Waals surface area contributed by atoms with Gasteiger partial charge in [-0.05, 0) is 38.2 Å². The highest BCUT2D eigenvalue weighted by Crippen LogP contribution is 2.19. The van der Waals surface area contributed by atoms with Gasteiger partial charge < -0.3 is 15.4 Å². The van der Waals surface area contributed by atoms with Gasteiger partial charge in [0.25, 0.3) is 11.8 Å². The van der Waals surface area contributed by atoms with E-state index in [-0.39, 0.29) is 11.8 Å². The van der Waals surface area contributed by atoms with E-state index in [4.69, 9.17) is 4.74 Å². The minimum Gasteiger partial charge on any atom is -0.383 e. The van der Waals surface area contributed by atoms with Gasteiger partial charge in [-0.3, -0.25) is 14.6 Å². The molecule has 0 saturated carbocycles. The number of aromatic nitrogens is 1. The van der Waals surface area contributed by atoms with Crippen molar-refractivity contribution in [2.24, 2.45) is 0 Å². The number of methoxy groups -OCH3 is 1. The van der Waals surface area contributed by atoms with Gasteiger partial charge in [-0.15, -0.1) is 0 Å². The molecule has 2 amide bonds. The Morgan fingerprint density at radius 2 is 1.83 bits per heavy atom. The number of allylic oxidation sites excluding steroid dienone is 1. The zero-order valence-electron chi connectivity index (χ0n) is 14.1. The summed E-state index contributed by atoms with van der Waals surface area (Å²) in [6.45, 7) is 1.46. The topological polar surface area (TPSA) is 80.3 Å². The molecule has 2 rings (SSSR count). The Hall–Kier alpha value is -2.21. The second-order valence-corrected chi connectivity index (χ2v) is 5.83. The van der Waals surface area contributed by atoms with Crippen molar-refractivity contribution in [1.29, 1.82) is 0 Å². The Morgan fingerprint density at radius 3 is 2.46 bits per heavy atom. The van der Waals surface area contributed by atoms with Crippen molar-refractivity contribution in [3.63, 3.8) is 0 Å². The molecule has 6 heteroatoms. The number of hydrogen-bond acceptors (Lipinski definition) is 4. The van der Waals surface area contributed by atoms with Crippen molar-refractivity contribution in [3.05, 3.63) is 41.2 Å². The molecule has 1 aliphatic rings. The maximum absolute atomic E-state index is 12.2. The highest BCUT2D eigenvalue weighted by Gasteiger charge is 2.11.